The number of amides is 2. The molecule has 0 radical (unpaired) electrons. The van der Waals surface area contributed by atoms with Crippen molar-refractivity contribution < 1.29 is 19.1 Å². The fourth-order valence-corrected chi connectivity index (χ4v) is 2.31. The molecular formula is C19H20N2O4. The molecule has 0 bridgehead atoms. The third-order valence-corrected chi connectivity index (χ3v) is 3.74. The topological polar surface area (TPSA) is 76.7 Å². The molecule has 0 aliphatic carbocycles. The lowest BCUT2D eigenvalue weighted by molar-refractivity contribution is -0.118. The second-order valence-electron chi connectivity index (χ2n) is 6.03. The van der Waals surface area contributed by atoms with Gasteiger partial charge in [0.1, 0.15) is 13.2 Å². The Hall–Kier alpha value is -3.02. The minimum Gasteiger partial charge on any atom is -0.486 e. The van der Waals surface area contributed by atoms with Gasteiger partial charge in [-0.2, -0.15) is 0 Å². The van der Waals surface area contributed by atoms with E-state index < -0.39 is 0 Å². The van der Waals surface area contributed by atoms with Crippen LogP contribution in [0.4, 0.5) is 11.4 Å². The lowest BCUT2D eigenvalue weighted by atomic mass is 10.1. The summed E-state index contributed by atoms with van der Waals surface area (Å²) >= 11 is 0. The lowest BCUT2D eigenvalue weighted by Gasteiger charge is -2.18. The van der Waals surface area contributed by atoms with Crippen LogP contribution in [0.1, 0.15) is 24.2 Å². The highest BCUT2D eigenvalue weighted by Gasteiger charge is 2.15. The Kier molecular flexibility index (Phi) is 4.88. The van der Waals surface area contributed by atoms with Crippen molar-refractivity contribution in [1.29, 1.82) is 0 Å². The van der Waals surface area contributed by atoms with E-state index in [-0.39, 0.29) is 17.7 Å². The van der Waals surface area contributed by atoms with Crippen molar-refractivity contribution in [3.05, 3.63) is 48.0 Å². The first-order chi connectivity index (χ1) is 12.0. The van der Waals surface area contributed by atoms with Gasteiger partial charge in [-0.3, -0.25) is 9.59 Å². The highest BCUT2D eigenvalue weighted by atomic mass is 16.6. The molecule has 0 atom stereocenters. The standard InChI is InChI=1S/C19H20N2O4/c1-12(2)18(22)20-14-4-6-15(7-5-14)21-19(23)13-3-8-16-17(11-13)25-10-9-24-16/h3-8,11-12H,9-10H2,1-2H3,(H,20,22)(H,21,23). The van der Waals surface area contributed by atoms with Gasteiger partial charge in [-0.15, -0.1) is 0 Å². The van der Waals surface area contributed by atoms with Crippen molar-refractivity contribution in [3.8, 4) is 11.5 Å². The average molecular weight is 340 g/mol. The molecular weight excluding hydrogens is 320 g/mol. The molecule has 1 heterocycles. The number of hydrogen-bond acceptors (Lipinski definition) is 4. The quantitative estimate of drug-likeness (QED) is 0.895. The Morgan fingerprint density at radius 3 is 2.12 bits per heavy atom. The molecule has 1 aliphatic rings. The molecule has 0 saturated carbocycles. The molecule has 1 aliphatic heterocycles. The van der Waals surface area contributed by atoms with E-state index in [1.807, 2.05) is 13.8 Å². The molecule has 0 spiro atoms. The van der Waals surface area contributed by atoms with E-state index >= 15 is 0 Å². The summed E-state index contributed by atoms with van der Waals surface area (Å²) in [6.45, 7) is 4.65. The lowest BCUT2D eigenvalue weighted by Crippen LogP contribution is -2.18. The van der Waals surface area contributed by atoms with E-state index in [0.29, 0.717) is 41.7 Å². The molecule has 0 aromatic heterocycles. The molecule has 25 heavy (non-hydrogen) atoms. The molecule has 130 valence electrons. The summed E-state index contributed by atoms with van der Waals surface area (Å²) in [7, 11) is 0. The van der Waals surface area contributed by atoms with Crippen LogP contribution in [0.15, 0.2) is 42.5 Å². The zero-order valence-electron chi connectivity index (χ0n) is 14.2. The molecule has 6 heteroatoms. The molecule has 0 unspecified atom stereocenters. The van der Waals surface area contributed by atoms with Gasteiger partial charge < -0.3 is 20.1 Å². The van der Waals surface area contributed by atoms with Crippen LogP contribution in [-0.4, -0.2) is 25.0 Å². The van der Waals surface area contributed by atoms with Gasteiger partial charge in [-0.1, -0.05) is 13.8 Å². The molecule has 3 rings (SSSR count). The first kappa shape index (κ1) is 16.8. The second kappa shape index (κ2) is 7.25. The molecule has 0 saturated heterocycles. The molecule has 2 aromatic rings. The summed E-state index contributed by atoms with van der Waals surface area (Å²) in [6, 6.07) is 12.1. The van der Waals surface area contributed by atoms with Crippen molar-refractivity contribution in [1.82, 2.24) is 0 Å². The third-order valence-electron chi connectivity index (χ3n) is 3.74. The normalized spacial score (nSPS) is 12.6. The largest absolute Gasteiger partial charge is 0.486 e. The number of hydrogen-bond donors (Lipinski definition) is 2. The Balaban J connectivity index is 1.66. The van der Waals surface area contributed by atoms with Crippen LogP contribution >= 0.6 is 0 Å². The molecule has 0 fully saturated rings. The number of ether oxygens (including phenoxy) is 2. The van der Waals surface area contributed by atoms with E-state index in [1.165, 1.54) is 0 Å². The van der Waals surface area contributed by atoms with Gasteiger partial charge >= 0.3 is 0 Å². The molecule has 2 aromatic carbocycles. The smallest absolute Gasteiger partial charge is 0.255 e. The summed E-state index contributed by atoms with van der Waals surface area (Å²) in [5.74, 6) is 0.845. The monoisotopic (exact) mass is 340 g/mol. The van der Waals surface area contributed by atoms with Crippen molar-refractivity contribution >= 4 is 23.2 Å². The number of rotatable bonds is 4. The summed E-state index contributed by atoms with van der Waals surface area (Å²) in [4.78, 5) is 24.0. The van der Waals surface area contributed by atoms with Crippen LogP contribution in [-0.2, 0) is 4.79 Å². The van der Waals surface area contributed by atoms with Crippen LogP contribution in [0, 0.1) is 5.92 Å². The fraction of sp³-hybridized carbons (Fsp3) is 0.263. The van der Waals surface area contributed by atoms with Gasteiger partial charge in [-0.25, -0.2) is 0 Å². The summed E-state index contributed by atoms with van der Waals surface area (Å²) in [5, 5.41) is 5.63. The van der Waals surface area contributed by atoms with Crippen LogP contribution < -0.4 is 20.1 Å². The van der Waals surface area contributed by atoms with E-state index in [0.717, 1.165) is 0 Å². The maximum atomic E-state index is 12.4. The van der Waals surface area contributed by atoms with Crippen LogP contribution in [0.5, 0.6) is 11.5 Å². The first-order valence-corrected chi connectivity index (χ1v) is 8.15. The van der Waals surface area contributed by atoms with Crippen molar-refractivity contribution in [3.63, 3.8) is 0 Å². The second-order valence-corrected chi connectivity index (χ2v) is 6.03. The molecule has 2 N–H and O–H groups in total. The van der Waals surface area contributed by atoms with Gasteiger partial charge in [0.2, 0.25) is 5.91 Å². The van der Waals surface area contributed by atoms with E-state index in [4.69, 9.17) is 9.47 Å². The molecule has 6 nitrogen and oxygen atoms in total. The predicted molar refractivity (Wildman–Crippen MR) is 95.3 cm³/mol. The Labute approximate surface area is 146 Å². The van der Waals surface area contributed by atoms with Gasteiger partial charge in [-0.05, 0) is 42.5 Å². The maximum Gasteiger partial charge on any atom is 0.255 e. The zero-order chi connectivity index (χ0) is 17.8. The predicted octanol–water partition coefficient (Wildman–Crippen LogP) is 3.30. The van der Waals surface area contributed by atoms with Crippen molar-refractivity contribution in [2.24, 2.45) is 5.92 Å². The fourth-order valence-electron chi connectivity index (χ4n) is 2.31. The number of fused-ring (bicyclic) bond motifs is 1. The maximum absolute atomic E-state index is 12.4. The number of anilines is 2. The molecule has 2 amide bonds. The highest BCUT2D eigenvalue weighted by Crippen LogP contribution is 2.31. The first-order valence-electron chi connectivity index (χ1n) is 8.15. The van der Waals surface area contributed by atoms with Crippen LogP contribution in [0.2, 0.25) is 0 Å². The Morgan fingerprint density at radius 2 is 1.48 bits per heavy atom. The SMILES string of the molecule is CC(C)C(=O)Nc1ccc(NC(=O)c2ccc3c(c2)OCCO3)cc1. The number of carbonyl (C=O) groups is 2. The average Bonchev–Trinajstić information content (AvgIpc) is 2.62. The van der Waals surface area contributed by atoms with E-state index in [9.17, 15) is 9.59 Å². The number of nitrogens with one attached hydrogen (secondary N) is 2. The van der Waals surface area contributed by atoms with Gasteiger partial charge in [0.05, 0.1) is 0 Å². The number of benzene rings is 2. The van der Waals surface area contributed by atoms with Crippen molar-refractivity contribution in [2.75, 3.05) is 23.8 Å². The van der Waals surface area contributed by atoms with E-state index in [1.54, 1.807) is 42.5 Å². The van der Waals surface area contributed by atoms with Gasteiger partial charge in [0, 0.05) is 22.9 Å². The zero-order valence-corrected chi connectivity index (χ0v) is 14.2. The van der Waals surface area contributed by atoms with Crippen LogP contribution in [0.3, 0.4) is 0 Å². The Bertz CT molecular complexity index is 785. The van der Waals surface area contributed by atoms with Crippen molar-refractivity contribution in [2.45, 2.75) is 13.8 Å². The van der Waals surface area contributed by atoms with E-state index in [2.05, 4.69) is 10.6 Å². The number of carbonyl (C=O) groups excluding carboxylic acids is 2. The minimum atomic E-state index is -0.240. The van der Waals surface area contributed by atoms with Gasteiger partial charge in [0.25, 0.3) is 5.91 Å². The summed E-state index contributed by atoms with van der Waals surface area (Å²) in [5.41, 5.74) is 1.82. The van der Waals surface area contributed by atoms with Gasteiger partial charge in [0.15, 0.2) is 11.5 Å². The summed E-state index contributed by atoms with van der Waals surface area (Å²) < 4.78 is 10.9. The van der Waals surface area contributed by atoms with Crippen LogP contribution in [0.25, 0.3) is 0 Å². The third kappa shape index (κ3) is 4.09. The minimum absolute atomic E-state index is 0.0481. The highest BCUT2D eigenvalue weighted by molar-refractivity contribution is 6.04. The summed E-state index contributed by atoms with van der Waals surface area (Å²) in [6.07, 6.45) is 0. The Morgan fingerprint density at radius 1 is 0.880 bits per heavy atom.